The molecule has 1 saturated carbocycles. The second-order valence-electron chi connectivity index (χ2n) is 8.31. The van der Waals surface area contributed by atoms with Crippen molar-refractivity contribution in [3.05, 3.63) is 65.7 Å². The third kappa shape index (κ3) is 6.77. The summed E-state index contributed by atoms with van der Waals surface area (Å²) in [7, 11) is -0.516. The number of ether oxygens (including phenoxy) is 2. The monoisotopic (exact) mass is 475 g/mol. The Morgan fingerprint density at radius 3 is 2.36 bits per heavy atom. The van der Waals surface area contributed by atoms with E-state index in [2.05, 4.69) is 26.9 Å². The molecule has 1 aliphatic rings. The standard InChI is InChI=1S/C24H33N3O5S/c1-31-17-16-26-33(29,30)27-20-12-14-24(15-13-20,19-8-4-3-5-9-19)18-25-23(28)21-10-6-7-11-22(21)32-2/h3-11,20,26-27H,12-18H2,1-2H3,(H,25,28). The van der Waals surface area contributed by atoms with Crippen molar-refractivity contribution in [2.24, 2.45) is 0 Å². The quantitative estimate of drug-likeness (QED) is 0.433. The van der Waals surface area contributed by atoms with Gasteiger partial charge in [0.1, 0.15) is 5.75 Å². The molecule has 0 spiro atoms. The molecule has 0 unspecified atom stereocenters. The van der Waals surface area contributed by atoms with Gasteiger partial charge < -0.3 is 14.8 Å². The molecule has 2 aromatic carbocycles. The molecule has 1 aliphatic carbocycles. The molecule has 8 nitrogen and oxygen atoms in total. The number of para-hydroxylation sites is 1. The van der Waals surface area contributed by atoms with Crippen LogP contribution in [0, 0.1) is 0 Å². The third-order valence-corrected chi connectivity index (χ3v) is 7.42. The highest BCUT2D eigenvalue weighted by Gasteiger charge is 2.38. The molecule has 3 N–H and O–H groups in total. The molecule has 9 heteroatoms. The molecule has 2 aromatic rings. The second kappa shape index (κ2) is 11.6. The fourth-order valence-electron chi connectivity index (χ4n) is 4.36. The summed E-state index contributed by atoms with van der Waals surface area (Å²) >= 11 is 0. The fraction of sp³-hybridized carbons (Fsp3) is 0.458. The first-order valence-corrected chi connectivity index (χ1v) is 12.6. The van der Waals surface area contributed by atoms with Gasteiger partial charge in [-0.05, 0) is 43.4 Å². The number of nitrogens with one attached hydrogen (secondary N) is 3. The van der Waals surface area contributed by atoms with Crippen LogP contribution in [0.25, 0.3) is 0 Å². The second-order valence-corrected chi connectivity index (χ2v) is 9.84. The maximum atomic E-state index is 12.9. The zero-order chi connectivity index (χ0) is 23.7. The highest BCUT2D eigenvalue weighted by atomic mass is 32.2. The highest BCUT2D eigenvalue weighted by Crippen LogP contribution is 2.39. The van der Waals surface area contributed by atoms with Gasteiger partial charge in [-0.25, -0.2) is 0 Å². The topological polar surface area (TPSA) is 106 Å². The van der Waals surface area contributed by atoms with Gasteiger partial charge in [-0.15, -0.1) is 0 Å². The Hall–Kier alpha value is -2.46. The Bertz CT molecular complexity index is 1010. The van der Waals surface area contributed by atoms with Gasteiger partial charge in [0.25, 0.3) is 16.1 Å². The van der Waals surface area contributed by atoms with Crippen molar-refractivity contribution in [3.63, 3.8) is 0 Å². The van der Waals surface area contributed by atoms with Crippen LogP contribution in [-0.2, 0) is 20.4 Å². The van der Waals surface area contributed by atoms with Gasteiger partial charge in [0.05, 0.1) is 19.3 Å². The summed E-state index contributed by atoms with van der Waals surface area (Å²) in [5.41, 5.74) is 1.36. The van der Waals surface area contributed by atoms with Crippen molar-refractivity contribution in [3.8, 4) is 5.75 Å². The lowest BCUT2D eigenvalue weighted by Gasteiger charge is -2.41. The molecule has 0 atom stereocenters. The Morgan fingerprint density at radius 1 is 1.03 bits per heavy atom. The van der Waals surface area contributed by atoms with Gasteiger partial charge in [-0.1, -0.05) is 42.5 Å². The molecule has 1 fully saturated rings. The van der Waals surface area contributed by atoms with E-state index in [1.54, 1.807) is 19.2 Å². The Kier molecular flexibility index (Phi) is 8.85. The molecular formula is C24H33N3O5S. The summed E-state index contributed by atoms with van der Waals surface area (Å²) in [5, 5.41) is 3.10. The van der Waals surface area contributed by atoms with Crippen LogP contribution in [0.4, 0.5) is 0 Å². The molecule has 1 amide bonds. The van der Waals surface area contributed by atoms with Gasteiger partial charge in [0.2, 0.25) is 0 Å². The number of hydrogen-bond acceptors (Lipinski definition) is 5. The minimum absolute atomic E-state index is 0.160. The number of benzene rings is 2. The summed E-state index contributed by atoms with van der Waals surface area (Å²) in [4.78, 5) is 12.9. The van der Waals surface area contributed by atoms with E-state index in [4.69, 9.17) is 9.47 Å². The Morgan fingerprint density at radius 2 is 1.70 bits per heavy atom. The van der Waals surface area contributed by atoms with Crippen LogP contribution in [0.1, 0.15) is 41.6 Å². The number of methoxy groups -OCH3 is 2. The average molecular weight is 476 g/mol. The van der Waals surface area contributed by atoms with Crippen LogP contribution in [0.3, 0.4) is 0 Å². The van der Waals surface area contributed by atoms with Gasteiger partial charge in [-0.2, -0.15) is 17.9 Å². The lowest BCUT2D eigenvalue weighted by Crippen LogP contribution is -2.49. The zero-order valence-electron chi connectivity index (χ0n) is 19.2. The fourth-order valence-corrected chi connectivity index (χ4v) is 5.47. The molecule has 180 valence electrons. The van der Waals surface area contributed by atoms with E-state index in [9.17, 15) is 13.2 Å². The van der Waals surface area contributed by atoms with Crippen LogP contribution in [-0.4, -0.2) is 54.3 Å². The molecular weight excluding hydrogens is 442 g/mol. The van der Waals surface area contributed by atoms with E-state index >= 15 is 0 Å². The highest BCUT2D eigenvalue weighted by molar-refractivity contribution is 7.87. The first kappa shape index (κ1) is 25.2. The average Bonchev–Trinajstić information content (AvgIpc) is 2.84. The molecule has 0 aromatic heterocycles. The van der Waals surface area contributed by atoms with Crippen LogP contribution in [0.5, 0.6) is 5.75 Å². The lowest BCUT2D eigenvalue weighted by molar-refractivity contribution is 0.0932. The molecule has 3 rings (SSSR count). The van der Waals surface area contributed by atoms with Gasteiger partial charge in [-0.3, -0.25) is 4.79 Å². The Balaban J connectivity index is 1.69. The maximum absolute atomic E-state index is 12.9. The summed E-state index contributed by atoms with van der Waals surface area (Å²) in [6.07, 6.45) is 2.83. The SMILES string of the molecule is COCCNS(=O)(=O)NC1CCC(CNC(=O)c2ccccc2OC)(c2ccccc2)CC1. The summed E-state index contributed by atoms with van der Waals surface area (Å²) in [6, 6.07) is 17.1. The van der Waals surface area contributed by atoms with Crippen molar-refractivity contribution in [2.75, 3.05) is 33.9 Å². The van der Waals surface area contributed by atoms with Gasteiger partial charge in [0.15, 0.2) is 0 Å². The summed E-state index contributed by atoms with van der Waals surface area (Å²) in [5.74, 6) is 0.343. The minimum atomic E-state index is -3.59. The van der Waals surface area contributed by atoms with Crippen LogP contribution in [0.2, 0.25) is 0 Å². The lowest BCUT2D eigenvalue weighted by atomic mass is 9.68. The molecule has 0 radical (unpaired) electrons. The normalized spacial score (nSPS) is 20.8. The number of carbonyl (C=O) groups is 1. The van der Waals surface area contributed by atoms with E-state index in [0.717, 1.165) is 18.4 Å². The number of amides is 1. The molecule has 0 aliphatic heterocycles. The van der Waals surface area contributed by atoms with Crippen LogP contribution < -0.4 is 19.5 Å². The van der Waals surface area contributed by atoms with Crippen LogP contribution >= 0.6 is 0 Å². The first-order chi connectivity index (χ1) is 15.9. The molecule has 33 heavy (non-hydrogen) atoms. The molecule has 0 saturated heterocycles. The minimum Gasteiger partial charge on any atom is -0.496 e. The van der Waals surface area contributed by atoms with Crippen molar-refractivity contribution >= 4 is 16.1 Å². The van der Waals surface area contributed by atoms with Crippen LogP contribution in [0.15, 0.2) is 54.6 Å². The maximum Gasteiger partial charge on any atom is 0.277 e. The summed E-state index contributed by atoms with van der Waals surface area (Å²) < 4.78 is 40.1. The van der Waals surface area contributed by atoms with E-state index < -0.39 is 10.2 Å². The van der Waals surface area contributed by atoms with Crippen molar-refractivity contribution < 1.29 is 22.7 Å². The molecule has 0 bridgehead atoms. The van der Waals surface area contributed by atoms with E-state index in [0.29, 0.717) is 37.3 Å². The van der Waals surface area contributed by atoms with E-state index in [1.807, 2.05) is 30.3 Å². The smallest absolute Gasteiger partial charge is 0.277 e. The van der Waals surface area contributed by atoms with E-state index in [1.165, 1.54) is 7.11 Å². The largest absolute Gasteiger partial charge is 0.496 e. The first-order valence-electron chi connectivity index (χ1n) is 11.1. The van der Waals surface area contributed by atoms with E-state index in [-0.39, 0.29) is 23.9 Å². The number of carbonyl (C=O) groups excluding carboxylic acids is 1. The predicted molar refractivity (Wildman–Crippen MR) is 128 cm³/mol. The molecule has 0 heterocycles. The number of rotatable bonds is 11. The van der Waals surface area contributed by atoms with Crippen molar-refractivity contribution in [2.45, 2.75) is 37.1 Å². The number of hydrogen-bond donors (Lipinski definition) is 3. The van der Waals surface area contributed by atoms with Gasteiger partial charge in [0, 0.05) is 31.7 Å². The zero-order valence-corrected chi connectivity index (χ0v) is 20.0. The van der Waals surface area contributed by atoms with Crippen molar-refractivity contribution in [1.82, 2.24) is 14.8 Å². The van der Waals surface area contributed by atoms with Gasteiger partial charge >= 0.3 is 0 Å². The predicted octanol–water partition coefficient (Wildman–Crippen LogP) is 2.38. The third-order valence-electron chi connectivity index (χ3n) is 6.19. The Labute approximate surface area is 196 Å². The van der Waals surface area contributed by atoms with Crippen molar-refractivity contribution in [1.29, 1.82) is 0 Å². The summed E-state index contributed by atoms with van der Waals surface area (Å²) in [6.45, 7) is 0.996.